The number of nitrogens with two attached hydrogens (primary N) is 1. The van der Waals surface area contributed by atoms with Crippen LogP contribution in [-0.4, -0.2) is 23.3 Å². The highest BCUT2D eigenvalue weighted by Crippen LogP contribution is 2.26. The monoisotopic (exact) mass is 228 g/mol. The normalized spacial score (nSPS) is 15.4. The van der Waals surface area contributed by atoms with Gasteiger partial charge in [-0.25, -0.2) is 0 Å². The van der Waals surface area contributed by atoms with Crippen molar-refractivity contribution < 1.29 is 0 Å². The zero-order valence-electron chi connectivity index (χ0n) is 9.69. The predicted octanol–water partition coefficient (Wildman–Crippen LogP) is 2.26. The van der Waals surface area contributed by atoms with Crippen molar-refractivity contribution in [3.63, 3.8) is 0 Å². The van der Waals surface area contributed by atoms with Gasteiger partial charge in [-0.15, -0.1) is 0 Å². The first-order valence-corrected chi connectivity index (χ1v) is 5.99. The van der Waals surface area contributed by atoms with E-state index in [4.69, 9.17) is 5.73 Å². The molecule has 0 atom stereocenters. The van der Waals surface area contributed by atoms with Crippen molar-refractivity contribution in [2.24, 2.45) is 0 Å². The number of nitrogens with one attached hydrogen (secondary N) is 1. The molecule has 3 N–H and O–H groups in total. The van der Waals surface area contributed by atoms with Crippen molar-refractivity contribution in [3.05, 3.63) is 30.5 Å². The predicted molar refractivity (Wildman–Crippen MR) is 69.9 cm³/mol. The van der Waals surface area contributed by atoms with Crippen LogP contribution in [0.5, 0.6) is 0 Å². The molecule has 1 aliphatic rings. The van der Waals surface area contributed by atoms with Crippen LogP contribution >= 0.6 is 0 Å². The number of hydrogen-bond donors (Lipinski definition) is 2. The number of anilines is 2. The van der Waals surface area contributed by atoms with Gasteiger partial charge in [0.05, 0.1) is 17.6 Å². The number of nitrogen functional groups attached to an aromatic ring is 1. The van der Waals surface area contributed by atoms with Crippen LogP contribution in [0, 0.1) is 0 Å². The van der Waals surface area contributed by atoms with E-state index < -0.39 is 0 Å². The smallest absolute Gasteiger partial charge is 0.0879 e. The minimum Gasteiger partial charge on any atom is -0.396 e. The number of aromatic amines is 1. The van der Waals surface area contributed by atoms with Crippen LogP contribution in [0.15, 0.2) is 30.5 Å². The van der Waals surface area contributed by atoms with Crippen molar-refractivity contribution in [1.29, 1.82) is 0 Å². The molecule has 0 spiro atoms. The molecule has 1 saturated heterocycles. The van der Waals surface area contributed by atoms with E-state index in [1.165, 1.54) is 31.6 Å². The number of hydrogen-bond acceptors (Lipinski definition) is 3. The lowest BCUT2D eigenvalue weighted by molar-refractivity contribution is 0.949. The largest absolute Gasteiger partial charge is 0.396 e. The molecule has 0 bridgehead atoms. The highest BCUT2D eigenvalue weighted by molar-refractivity contribution is 5.73. The van der Waals surface area contributed by atoms with Gasteiger partial charge >= 0.3 is 0 Å². The molecule has 0 radical (unpaired) electrons. The third kappa shape index (κ3) is 1.86. The molecule has 1 fully saturated rings. The molecule has 0 unspecified atom stereocenters. The maximum Gasteiger partial charge on any atom is 0.0879 e. The van der Waals surface area contributed by atoms with Gasteiger partial charge < -0.3 is 10.6 Å². The standard InChI is InChI=1S/C13H16N4/c14-12-9-15-16-13(12)10-3-5-11(6-4-10)17-7-1-2-8-17/h3-6,9H,1-2,7-8,14H2,(H,15,16). The lowest BCUT2D eigenvalue weighted by Crippen LogP contribution is -2.17. The number of benzene rings is 1. The van der Waals surface area contributed by atoms with Gasteiger partial charge in [0.2, 0.25) is 0 Å². The van der Waals surface area contributed by atoms with Crippen molar-refractivity contribution in [1.82, 2.24) is 10.2 Å². The Morgan fingerprint density at radius 1 is 1.12 bits per heavy atom. The average molecular weight is 228 g/mol. The van der Waals surface area contributed by atoms with Crippen LogP contribution in [0.4, 0.5) is 11.4 Å². The molecule has 17 heavy (non-hydrogen) atoms. The molecule has 1 aromatic carbocycles. The number of rotatable bonds is 2. The second-order valence-corrected chi connectivity index (χ2v) is 4.44. The van der Waals surface area contributed by atoms with E-state index in [2.05, 4.69) is 39.4 Å². The maximum atomic E-state index is 5.83. The Morgan fingerprint density at radius 3 is 2.41 bits per heavy atom. The molecule has 88 valence electrons. The van der Waals surface area contributed by atoms with E-state index in [9.17, 15) is 0 Å². The van der Waals surface area contributed by atoms with Crippen molar-refractivity contribution in [2.45, 2.75) is 12.8 Å². The number of aromatic nitrogens is 2. The van der Waals surface area contributed by atoms with Crippen LogP contribution < -0.4 is 10.6 Å². The Balaban J connectivity index is 1.87. The zero-order valence-corrected chi connectivity index (χ0v) is 9.69. The summed E-state index contributed by atoms with van der Waals surface area (Å²) < 4.78 is 0. The van der Waals surface area contributed by atoms with E-state index in [1.54, 1.807) is 6.20 Å². The molecule has 1 aliphatic heterocycles. The summed E-state index contributed by atoms with van der Waals surface area (Å²) in [6, 6.07) is 8.50. The fraction of sp³-hybridized carbons (Fsp3) is 0.308. The van der Waals surface area contributed by atoms with Gasteiger partial charge in [-0.3, -0.25) is 5.10 Å². The zero-order chi connectivity index (χ0) is 11.7. The summed E-state index contributed by atoms with van der Waals surface area (Å²) in [5, 5.41) is 6.86. The second-order valence-electron chi connectivity index (χ2n) is 4.44. The van der Waals surface area contributed by atoms with Crippen LogP contribution in [0.1, 0.15) is 12.8 Å². The van der Waals surface area contributed by atoms with Gasteiger partial charge in [0, 0.05) is 24.3 Å². The summed E-state index contributed by atoms with van der Waals surface area (Å²) >= 11 is 0. The van der Waals surface area contributed by atoms with E-state index in [-0.39, 0.29) is 0 Å². The molecule has 2 heterocycles. The van der Waals surface area contributed by atoms with Crippen LogP contribution in [0.25, 0.3) is 11.3 Å². The minimum atomic E-state index is 0.693. The summed E-state index contributed by atoms with van der Waals surface area (Å²) in [5.74, 6) is 0. The van der Waals surface area contributed by atoms with E-state index >= 15 is 0 Å². The first-order chi connectivity index (χ1) is 8.34. The first kappa shape index (κ1) is 10.2. The molecule has 0 saturated carbocycles. The lowest BCUT2D eigenvalue weighted by atomic mass is 10.1. The Kier molecular flexibility index (Phi) is 2.48. The van der Waals surface area contributed by atoms with Crippen LogP contribution in [0.3, 0.4) is 0 Å². The quantitative estimate of drug-likeness (QED) is 0.829. The average Bonchev–Trinajstić information content (AvgIpc) is 3.00. The Morgan fingerprint density at radius 2 is 1.82 bits per heavy atom. The van der Waals surface area contributed by atoms with Gasteiger partial charge in [-0.1, -0.05) is 12.1 Å². The van der Waals surface area contributed by atoms with Gasteiger partial charge in [0.15, 0.2) is 0 Å². The summed E-state index contributed by atoms with van der Waals surface area (Å²) in [7, 11) is 0. The molecule has 0 aliphatic carbocycles. The Bertz CT molecular complexity index is 494. The fourth-order valence-corrected chi connectivity index (χ4v) is 2.34. The fourth-order valence-electron chi connectivity index (χ4n) is 2.34. The van der Waals surface area contributed by atoms with Gasteiger partial charge in [0.1, 0.15) is 0 Å². The second kappa shape index (κ2) is 4.13. The molecule has 0 amide bonds. The highest BCUT2D eigenvalue weighted by Gasteiger charge is 2.12. The number of nitrogens with zero attached hydrogens (tertiary/aromatic N) is 2. The van der Waals surface area contributed by atoms with Crippen molar-refractivity contribution >= 4 is 11.4 Å². The molecule has 3 rings (SSSR count). The first-order valence-electron chi connectivity index (χ1n) is 5.99. The Hall–Kier alpha value is -1.97. The topological polar surface area (TPSA) is 57.9 Å². The molecule has 4 nitrogen and oxygen atoms in total. The van der Waals surface area contributed by atoms with E-state index in [0.717, 1.165) is 11.3 Å². The van der Waals surface area contributed by atoms with Crippen LogP contribution in [0.2, 0.25) is 0 Å². The highest BCUT2D eigenvalue weighted by atomic mass is 15.1. The van der Waals surface area contributed by atoms with Gasteiger partial charge in [0.25, 0.3) is 0 Å². The third-order valence-corrected chi connectivity index (χ3v) is 3.30. The molecular weight excluding hydrogens is 212 g/mol. The molecule has 4 heteroatoms. The number of H-pyrrole nitrogens is 1. The summed E-state index contributed by atoms with van der Waals surface area (Å²) in [5.41, 5.74) is 9.80. The molecule has 1 aromatic heterocycles. The minimum absolute atomic E-state index is 0.693. The van der Waals surface area contributed by atoms with E-state index in [0.29, 0.717) is 5.69 Å². The molecule has 2 aromatic rings. The van der Waals surface area contributed by atoms with Gasteiger partial charge in [-0.2, -0.15) is 5.10 Å². The van der Waals surface area contributed by atoms with E-state index in [1.807, 2.05) is 0 Å². The summed E-state index contributed by atoms with van der Waals surface area (Å²) in [4.78, 5) is 2.42. The van der Waals surface area contributed by atoms with Crippen LogP contribution in [-0.2, 0) is 0 Å². The Labute approximate surface area is 100 Å². The SMILES string of the molecule is Nc1cn[nH]c1-c1ccc(N2CCCC2)cc1. The van der Waals surface area contributed by atoms with Crippen molar-refractivity contribution in [2.75, 3.05) is 23.7 Å². The molecular formula is C13H16N4. The maximum absolute atomic E-state index is 5.83. The lowest BCUT2D eigenvalue weighted by Gasteiger charge is -2.17. The summed E-state index contributed by atoms with van der Waals surface area (Å²) in [6.07, 6.45) is 4.24. The van der Waals surface area contributed by atoms with Crippen molar-refractivity contribution in [3.8, 4) is 11.3 Å². The third-order valence-electron chi connectivity index (χ3n) is 3.30. The summed E-state index contributed by atoms with van der Waals surface area (Å²) in [6.45, 7) is 2.34. The van der Waals surface area contributed by atoms with Gasteiger partial charge in [-0.05, 0) is 25.0 Å².